The van der Waals surface area contributed by atoms with Crippen LogP contribution >= 0.6 is 0 Å². The van der Waals surface area contributed by atoms with Crippen LogP contribution in [0, 0.1) is 17.2 Å². The van der Waals surface area contributed by atoms with Crippen LogP contribution in [0.4, 0.5) is 0 Å². The zero-order valence-corrected chi connectivity index (χ0v) is 13.2. The van der Waals surface area contributed by atoms with Crippen molar-refractivity contribution in [3.63, 3.8) is 0 Å². The first kappa shape index (κ1) is 16.9. The summed E-state index contributed by atoms with van der Waals surface area (Å²) in [5, 5.41) is 9.13. The van der Waals surface area contributed by atoms with Crippen molar-refractivity contribution in [2.24, 2.45) is 5.92 Å². The number of amides is 1. The van der Waals surface area contributed by atoms with E-state index in [0.717, 1.165) is 5.56 Å². The van der Waals surface area contributed by atoms with Crippen LogP contribution in [0.2, 0.25) is 0 Å². The summed E-state index contributed by atoms with van der Waals surface area (Å²) in [6.07, 6.45) is 2.75. The fraction of sp³-hybridized carbons (Fsp3) is 0.312. The van der Waals surface area contributed by atoms with Gasteiger partial charge in [0.2, 0.25) is 5.91 Å². The van der Waals surface area contributed by atoms with Crippen LogP contribution in [-0.4, -0.2) is 49.6 Å². The number of benzene rings is 1. The molecule has 120 valence electrons. The molecule has 0 radical (unpaired) electrons. The molecule has 0 spiro atoms. The van der Waals surface area contributed by atoms with Crippen LogP contribution in [0.15, 0.2) is 36.4 Å². The number of rotatable bonds is 4. The van der Waals surface area contributed by atoms with Crippen molar-refractivity contribution in [2.45, 2.75) is 0 Å². The third-order valence-electron chi connectivity index (χ3n) is 3.56. The first-order valence-corrected chi connectivity index (χ1v) is 8.91. The summed E-state index contributed by atoms with van der Waals surface area (Å²) >= 11 is 0. The summed E-state index contributed by atoms with van der Waals surface area (Å²) in [6, 6.07) is 10.8. The van der Waals surface area contributed by atoms with Gasteiger partial charge in [-0.3, -0.25) is 9.59 Å². The Bertz CT molecular complexity index is 749. The van der Waals surface area contributed by atoms with Crippen LogP contribution in [0.5, 0.6) is 0 Å². The lowest BCUT2D eigenvalue weighted by Gasteiger charge is -2.27. The van der Waals surface area contributed by atoms with Crippen LogP contribution in [0.25, 0.3) is 6.08 Å². The maximum Gasteiger partial charge on any atom is 0.247 e. The normalized spacial score (nSPS) is 18.3. The minimum absolute atomic E-state index is 0.0228. The van der Waals surface area contributed by atoms with Gasteiger partial charge in [-0.2, -0.15) is 5.26 Å². The topological polar surface area (TPSA) is 95.3 Å². The second-order valence-corrected chi connectivity index (χ2v) is 7.49. The molecule has 1 amide bonds. The number of sulfone groups is 1. The molecule has 1 aliphatic heterocycles. The average molecular weight is 332 g/mol. The average Bonchev–Trinajstić information content (AvgIpc) is 2.54. The standard InChI is InChI=1S/C16H16N2O4S/c17-12-14(15(19)7-6-13-4-2-1-3-5-13)16(20)18-8-10-23(21,22)11-9-18/h1-7,14H,8-11H2/b7-6-/t14-/m0/s1. The highest BCUT2D eigenvalue weighted by molar-refractivity contribution is 7.91. The number of carbonyl (C=O) groups excluding carboxylic acids is 2. The molecule has 0 N–H and O–H groups in total. The summed E-state index contributed by atoms with van der Waals surface area (Å²) in [6.45, 7) is 0.0457. The second-order valence-electron chi connectivity index (χ2n) is 5.19. The van der Waals surface area contributed by atoms with Gasteiger partial charge in [-0.05, 0) is 11.6 Å². The molecule has 0 unspecified atom stereocenters. The predicted molar refractivity (Wildman–Crippen MR) is 84.8 cm³/mol. The van der Waals surface area contributed by atoms with E-state index in [1.165, 1.54) is 11.0 Å². The molecule has 0 bridgehead atoms. The Labute approximate surface area is 134 Å². The fourth-order valence-corrected chi connectivity index (χ4v) is 3.40. The number of hydrogen-bond donors (Lipinski definition) is 0. The van der Waals surface area contributed by atoms with Gasteiger partial charge >= 0.3 is 0 Å². The molecule has 1 aromatic carbocycles. The lowest BCUT2D eigenvalue weighted by Crippen LogP contribution is -2.47. The molecule has 1 fully saturated rings. The van der Waals surface area contributed by atoms with E-state index in [0.29, 0.717) is 0 Å². The van der Waals surface area contributed by atoms with E-state index in [9.17, 15) is 18.0 Å². The van der Waals surface area contributed by atoms with E-state index in [2.05, 4.69) is 0 Å². The van der Waals surface area contributed by atoms with Crippen molar-refractivity contribution >= 4 is 27.6 Å². The molecule has 6 nitrogen and oxygen atoms in total. The molecule has 1 aromatic rings. The van der Waals surface area contributed by atoms with Crippen LogP contribution < -0.4 is 0 Å². The molecule has 1 atom stereocenters. The Kier molecular flexibility index (Phi) is 5.29. The molecule has 0 aromatic heterocycles. The smallest absolute Gasteiger partial charge is 0.247 e. The third-order valence-corrected chi connectivity index (χ3v) is 5.17. The predicted octanol–water partition coefficient (Wildman–Crippen LogP) is 0.666. The van der Waals surface area contributed by atoms with Gasteiger partial charge in [-0.15, -0.1) is 0 Å². The molecule has 0 saturated carbocycles. The van der Waals surface area contributed by atoms with Crippen LogP contribution in [-0.2, 0) is 19.4 Å². The minimum Gasteiger partial charge on any atom is -0.339 e. The molecule has 2 rings (SSSR count). The zero-order valence-electron chi connectivity index (χ0n) is 12.4. The number of nitrogens with zero attached hydrogens (tertiary/aromatic N) is 2. The first-order valence-electron chi connectivity index (χ1n) is 7.09. The van der Waals surface area contributed by atoms with E-state index in [1.54, 1.807) is 24.3 Å². The third kappa shape index (κ3) is 4.50. The van der Waals surface area contributed by atoms with Gasteiger partial charge in [0.05, 0.1) is 17.6 Å². The molecule has 7 heteroatoms. The molecular formula is C16H16N2O4S. The van der Waals surface area contributed by atoms with Crippen molar-refractivity contribution in [1.29, 1.82) is 5.26 Å². The molecule has 23 heavy (non-hydrogen) atoms. The quantitative estimate of drug-likeness (QED) is 0.596. The number of allylic oxidation sites excluding steroid dienone is 1. The van der Waals surface area contributed by atoms with Crippen LogP contribution in [0.3, 0.4) is 0 Å². The Balaban J connectivity index is 2.04. The van der Waals surface area contributed by atoms with Gasteiger partial charge in [0.1, 0.15) is 0 Å². The summed E-state index contributed by atoms with van der Waals surface area (Å²) in [5.74, 6) is -2.94. The van der Waals surface area contributed by atoms with Crippen molar-refractivity contribution in [1.82, 2.24) is 4.90 Å². The van der Waals surface area contributed by atoms with Crippen molar-refractivity contribution in [2.75, 3.05) is 24.6 Å². The maximum atomic E-state index is 12.2. The van der Waals surface area contributed by atoms with Crippen molar-refractivity contribution in [3.8, 4) is 6.07 Å². The number of hydrogen-bond acceptors (Lipinski definition) is 5. The summed E-state index contributed by atoms with van der Waals surface area (Å²) in [7, 11) is -3.12. The number of nitriles is 1. The van der Waals surface area contributed by atoms with Gasteiger partial charge in [-0.25, -0.2) is 8.42 Å². The molecule has 1 heterocycles. The van der Waals surface area contributed by atoms with E-state index in [1.807, 2.05) is 18.2 Å². The second kappa shape index (κ2) is 7.20. The zero-order chi connectivity index (χ0) is 16.9. The highest BCUT2D eigenvalue weighted by Gasteiger charge is 2.32. The summed E-state index contributed by atoms with van der Waals surface area (Å²) < 4.78 is 22.7. The minimum atomic E-state index is -3.12. The van der Waals surface area contributed by atoms with Gasteiger partial charge < -0.3 is 4.90 Å². The lowest BCUT2D eigenvalue weighted by molar-refractivity contribution is -0.137. The Hall–Kier alpha value is -2.46. The van der Waals surface area contributed by atoms with Gasteiger partial charge in [0.15, 0.2) is 21.5 Å². The van der Waals surface area contributed by atoms with Gasteiger partial charge in [0, 0.05) is 13.1 Å². The van der Waals surface area contributed by atoms with Crippen molar-refractivity contribution < 1.29 is 18.0 Å². The highest BCUT2D eigenvalue weighted by atomic mass is 32.2. The fourth-order valence-electron chi connectivity index (χ4n) is 2.19. The van der Waals surface area contributed by atoms with Crippen molar-refractivity contribution in [3.05, 3.63) is 42.0 Å². The Morgan fingerprint density at radius 2 is 1.78 bits per heavy atom. The summed E-state index contributed by atoms with van der Waals surface area (Å²) in [4.78, 5) is 25.6. The summed E-state index contributed by atoms with van der Waals surface area (Å²) in [5.41, 5.74) is 0.786. The van der Waals surface area contributed by atoms with E-state index >= 15 is 0 Å². The molecule has 1 aliphatic rings. The van der Waals surface area contributed by atoms with Gasteiger partial charge in [0.25, 0.3) is 0 Å². The molecule has 1 saturated heterocycles. The van der Waals surface area contributed by atoms with E-state index in [-0.39, 0.29) is 24.6 Å². The van der Waals surface area contributed by atoms with Crippen LogP contribution in [0.1, 0.15) is 5.56 Å². The Morgan fingerprint density at radius 3 is 2.35 bits per heavy atom. The van der Waals surface area contributed by atoms with E-state index in [4.69, 9.17) is 5.26 Å². The SMILES string of the molecule is N#C[C@@H](C(=O)/C=C\c1ccccc1)C(=O)N1CCS(=O)(=O)CC1. The molecule has 0 aliphatic carbocycles. The Morgan fingerprint density at radius 1 is 1.17 bits per heavy atom. The largest absolute Gasteiger partial charge is 0.339 e. The first-order chi connectivity index (χ1) is 10.9. The maximum absolute atomic E-state index is 12.2. The van der Waals surface area contributed by atoms with E-state index < -0.39 is 27.4 Å². The highest BCUT2D eigenvalue weighted by Crippen LogP contribution is 2.11. The number of ketones is 1. The number of carbonyl (C=O) groups is 2. The van der Waals surface area contributed by atoms with Gasteiger partial charge in [-0.1, -0.05) is 36.4 Å². The lowest BCUT2D eigenvalue weighted by atomic mass is 10.0. The monoisotopic (exact) mass is 332 g/mol. The molecular weight excluding hydrogens is 316 g/mol.